The molecule has 0 aromatic heterocycles. The van der Waals surface area contributed by atoms with Gasteiger partial charge < -0.3 is 15.9 Å². The maximum Gasteiger partial charge on any atom is 0.320 e. The monoisotopic (exact) mass is 287 g/mol. The third kappa shape index (κ3) is 8.18. The van der Waals surface area contributed by atoms with Gasteiger partial charge in [0.1, 0.15) is 6.04 Å². The number of carbonyl (C=O) groups is 2. The van der Waals surface area contributed by atoms with E-state index >= 15 is 0 Å². The van der Waals surface area contributed by atoms with Crippen molar-refractivity contribution in [3.63, 3.8) is 0 Å². The van der Waals surface area contributed by atoms with E-state index in [2.05, 4.69) is 0 Å². The summed E-state index contributed by atoms with van der Waals surface area (Å²) in [7, 11) is 0. The first kappa shape index (κ1) is 13.8. The van der Waals surface area contributed by atoms with Gasteiger partial charge in [-0.1, -0.05) is 0 Å². The molecule has 0 aliphatic rings. The van der Waals surface area contributed by atoms with Gasteiger partial charge in [0.15, 0.2) is 0 Å². The maximum absolute atomic E-state index is 9.99. The number of hydrogen-bond donors (Lipinski definition) is 3. The van der Waals surface area contributed by atoms with Crippen LogP contribution in [0.25, 0.3) is 0 Å². The SMILES string of the molecule is NC(CCC(=O)O)C(=O)O.[Ce]. The Morgan fingerprint density at radius 3 is 2.09 bits per heavy atom. The van der Waals surface area contributed by atoms with Crippen LogP contribution < -0.4 is 5.73 Å². The van der Waals surface area contributed by atoms with Gasteiger partial charge in [-0.3, -0.25) is 9.59 Å². The molecule has 0 aromatic rings. The number of hydrogen-bond acceptors (Lipinski definition) is 3. The van der Waals surface area contributed by atoms with Crippen molar-refractivity contribution in [1.29, 1.82) is 0 Å². The second-order valence-electron chi connectivity index (χ2n) is 1.88. The fourth-order valence-corrected chi connectivity index (χ4v) is 0.402. The zero-order valence-corrected chi connectivity index (χ0v) is 8.92. The van der Waals surface area contributed by atoms with Crippen molar-refractivity contribution < 1.29 is 61.5 Å². The normalized spacial score (nSPS) is 11.4. The molecule has 1 atom stereocenters. The molecule has 0 aliphatic heterocycles. The number of carboxylic acids is 2. The van der Waals surface area contributed by atoms with Crippen molar-refractivity contribution in [2.45, 2.75) is 18.9 Å². The average molecular weight is 287 g/mol. The van der Waals surface area contributed by atoms with E-state index in [9.17, 15) is 9.59 Å². The molecule has 5 nitrogen and oxygen atoms in total. The molecule has 4 N–H and O–H groups in total. The Labute approximate surface area is 97.3 Å². The van der Waals surface area contributed by atoms with Crippen molar-refractivity contribution in [2.75, 3.05) is 0 Å². The Balaban J connectivity index is 0. The van der Waals surface area contributed by atoms with Gasteiger partial charge in [0.05, 0.1) is 0 Å². The summed E-state index contributed by atoms with van der Waals surface area (Å²) in [5.41, 5.74) is 5.00. The quantitative estimate of drug-likeness (QED) is 0.632. The van der Waals surface area contributed by atoms with E-state index in [1.165, 1.54) is 0 Å². The summed E-state index contributed by atoms with van der Waals surface area (Å²) in [4.78, 5) is 19.9. The van der Waals surface area contributed by atoms with Crippen LogP contribution in [0.3, 0.4) is 0 Å². The fraction of sp³-hybridized carbons (Fsp3) is 0.600. The van der Waals surface area contributed by atoms with E-state index in [0.717, 1.165) is 0 Å². The number of rotatable bonds is 4. The molecule has 0 rings (SSSR count). The molecule has 0 radical (unpaired) electrons. The summed E-state index contributed by atoms with van der Waals surface area (Å²) in [5, 5.41) is 16.3. The van der Waals surface area contributed by atoms with Gasteiger partial charge in [0, 0.05) is 48.2 Å². The Bertz CT molecular complexity index is 149. The minimum atomic E-state index is -1.17. The first-order valence-electron chi connectivity index (χ1n) is 2.74. The van der Waals surface area contributed by atoms with Gasteiger partial charge in [-0.15, -0.1) is 0 Å². The zero-order valence-electron chi connectivity index (χ0n) is 5.78. The van der Waals surface area contributed by atoms with Gasteiger partial charge in [-0.05, 0) is 6.42 Å². The standard InChI is InChI=1S/C5H9NO4.Ce/c6-3(5(9)10)1-2-4(7)8;/h3H,1-2,6H2,(H,7,8)(H,9,10);. The van der Waals surface area contributed by atoms with Crippen LogP contribution in [0.15, 0.2) is 0 Å². The Hall–Kier alpha value is 0.277. The third-order valence-corrected chi connectivity index (χ3v) is 0.986. The van der Waals surface area contributed by atoms with Crippen LogP contribution in [0.5, 0.6) is 0 Å². The molecule has 0 aromatic carbocycles. The first-order valence-corrected chi connectivity index (χ1v) is 2.74. The number of carboxylic acid groups (broad SMARTS) is 2. The largest absolute Gasteiger partial charge is 0.481 e. The van der Waals surface area contributed by atoms with Gasteiger partial charge in [-0.2, -0.15) is 0 Å². The molecular weight excluding hydrogens is 278 g/mol. The van der Waals surface area contributed by atoms with Gasteiger partial charge in [0.25, 0.3) is 0 Å². The van der Waals surface area contributed by atoms with E-state index in [1.807, 2.05) is 0 Å². The van der Waals surface area contributed by atoms with E-state index in [-0.39, 0.29) is 54.6 Å². The fourth-order valence-electron chi connectivity index (χ4n) is 0.402. The van der Waals surface area contributed by atoms with Gasteiger partial charge in [-0.25, -0.2) is 0 Å². The molecule has 11 heavy (non-hydrogen) atoms. The summed E-state index contributed by atoms with van der Waals surface area (Å²) >= 11 is 0. The van der Waals surface area contributed by atoms with E-state index in [1.54, 1.807) is 0 Å². The Morgan fingerprint density at radius 1 is 1.36 bits per heavy atom. The van der Waals surface area contributed by atoms with Crippen molar-refractivity contribution in [3.05, 3.63) is 0 Å². The maximum atomic E-state index is 9.99. The molecule has 6 heteroatoms. The summed E-state index contributed by atoms with van der Waals surface area (Å²) in [6.07, 6.45) is -0.224. The van der Waals surface area contributed by atoms with Crippen molar-refractivity contribution in [2.24, 2.45) is 5.73 Å². The van der Waals surface area contributed by atoms with E-state index < -0.39 is 18.0 Å². The van der Waals surface area contributed by atoms with Crippen LogP contribution in [-0.2, 0) is 9.59 Å². The van der Waals surface area contributed by atoms with Crippen molar-refractivity contribution >= 4 is 11.9 Å². The van der Waals surface area contributed by atoms with Crippen molar-refractivity contribution in [3.8, 4) is 0 Å². The Morgan fingerprint density at radius 2 is 1.82 bits per heavy atom. The molecule has 0 aliphatic carbocycles. The molecular formula is C5H9CeNO4. The molecule has 0 bridgehead atoms. The molecule has 62 valence electrons. The smallest absolute Gasteiger partial charge is 0.320 e. The van der Waals surface area contributed by atoms with Gasteiger partial charge >= 0.3 is 11.9 Å². The van der Waals surface area contributed by atoms with Crippen LogP contribution in [0.4, 0.5) is 0 Å². The van der Waals surface area contributed by atoms with Crippen LogP contribution in [0.2, 0.25) is 0 Å². The van der Waals surface area contributed by atoms with Crippen LogP contribution in [0.1, 0.15) is 12.8 Å². The number of nitrogens with two attached hydrogens (primary N) is 1. The minimum absolute atomic E-state index is 0. The molecule has 0 heterocycles. The van der Waals surface area contributed by atoms with Gasteiger partial charge in [0.2, 0.25) is 0 Å². The third-order valence-electron chi connectivity index (χ3n) is 0.986. The number of aliphatic carboxylic acids is 2. The summed E-state index contributed by atoms with van der Waals surface area (Å²) in [6.45, 7) is 0. The first-order chi connectivity index (χ1) is 4.54. The summed E-state index contributed by atoms with van der Waals surface area (Å²) < 4.78 is 0. The Kier molecular flexibility index (Phi) is 8.75. The van der Waals surface area contributed by atoms with E-state index in [0.29, 0.717) is 0 Å². The summed E-state index contributed by atoms with van der Waals surface area (Å²) in [6, 6.07) is -1.06. The van der Waals surface area contributed by atoms with Crippen LogP contribution in [0, 0.1) is 41.7 Å². The second-order valence-corrected chi connectivity index (χ2v) is 1.88. The topological polar surface area (TPSA) is 101 Å². The predicted molar refractivity (Wildman–Crippen MR) is 32.5 cm³/mol. The molecule has 0 saturated carbocycles. The molecule has 0 spiro atoms. The van der Waals surface area contributed by atoms with Crippen molar-refractivity contribution in [1.82, 2.24) is 0 Å². The molecule has 0 fully saturated rings. The van der Waals surface area contributed by atoms with Crippen LogP contribution >= 0.6 is 0 Å². The molecule has 0 amide bonds. The predicted octanol–water partition coefficient (Wildman–Crippen LogP) is -0.737. The second kappa shape index (κ2) is 6.95. The zero-order chi connectivity index (χ0) is 8.15. The minimum Gasteiger partial charge on any atom is -0.481 e. The molecule has 1 unspecified atom stereocenters. The average Bonchev–Trinajstić information content (AvgIpc) is 1.82. The molecule has 0 saturated heterocycles. The van der Waals surface area contributed by atoms with Crippen LogP contribution in [-0.4, -0.2) is 28.2 Å². The summed E-state index contributed by atoms with van der Waals surface area (Å²) in [5.74, 6) is -2.20. The van der Waals surface area contributed by atoms with E-state index in [4.69, 9.17) is 15.9 Å².